The Morgan fingerprint density at radius 3 is 2.67 bits per heavy atom. The number of rotatable bonds is 5. The Bertz CT molecular complexity index is 557. The second kappa shape index (κ2) is 6.62. The molecule has 1 aliphatic rings. The van der Waals surface area contributed by atoms with E-state index in [9.17, 15) is 19.5 Å². The Balaban J connectivity index is 2.03. The Labute approximate surface area is 126 Å². The molecule has 0 spiro atoms. The lowest BCUT2D eigenvalue weighted by Gasteiger charge is -2.14. The lowest BCUT2D eigenvalue weighted by Crippen LogP contribution is -2.31. The van der Waals surface area contributed by atoms with Crippen molar-refractivity contribution in [2.24, 2.45) is 0 Å². The number of nitrogens with zero attached hydrogens (tertiary/aromatic N) is 1. The van der Waals surface area contributed by atoms with Gasteiger partial charge in [0.1, 0.15) is 5.75 Å². The lowest BCUT2D eigenvalue weighted by atomic mass is 10.3. The van der Waals surface area contributed by atoms with E-state index in [-0.39, 0.29) is 36.3 Å². The summed E-state index contributed by atoms with van der Waals surface area (Å²) < 4.78 is 4.79. The van der Waals surface area contributed by atoms with Crippen molar-refractivity contribution in [2.45, 2.75) is 18.6 Å². The molecule has 1 heterocycles. The molecule has 0 radical (unpaired) electrons. The fourth-order valence-corrected chi connectivity index (χ4v) is 2.91. The van der Waals surface area contributed by atoms with Gasteiger partial charge < -0.3 is 9.84 Å². The number of carbonyl (C=O) groups excluding carboxylic acids is 3. The highest BCUT2D eigenvalue weighted by Crippen LogP contribution is 2.30. The highest BCUT2D eigenvalue weighted by Gasteiger charge is 2.40. The number of ether oxygens (including phenoxy) is 1. The number of carbonyl (C=O) groups is 3. The third kappa shape index (κ3) is 3.55. The number of aromatic hydroxyl groups is 1. The smallest absolute Gasteiger partial charge is 0.315 e. The maximum absolute atomic E-state index is 12.2. The van der Waals surface area contributed by atoms with Crippen LogP contribution in [0.3, 0.4) is 0 Å². The molecule has 0 bridgehead atoms. The van der Waals surface area contributed by atoms with Gasteiger partial charge in [0.05, 0.1) is 23.3 Å². The van der Waals surface area contributed by atoms with E-state index in [1.54, 1.807) is 6.92 Å². The average Bonchev–Trinajstić information content (AvgIpc) is 2.73. The first-order valence-electron chi connectivity index (χ1n) is 6.46. The van der Waals surface area contributed by atoms with Gasteiger partial charge >= 0.3 is 5.97 Å². The predicted molar refractivity (Wildman–Crippen MR) is 78.1 cm³/mol. The Morgan fingerprint density at radius 2 is 2.05 bits per heavy atom. The molecule has 1 fully saturated rings. The average molecular weight is 309 g/mol. The zero-order valence-corrected chi connectivity index (χ0v) is 12.3. The minimum Gasteiger partial charge on any atom is -0.508 e. The van der Waals surface area contributed by atoms with Crippen LogP contribution in [-0.4, -0.2) is 40.5 Å². The number of phenols is 1. The molecule has 7 heteroatoms. The van der Waals surface area contributed by atoms with Crippen LogP contribution in [0.2, 0.25) is 0 Å². The standard InChI is InChI=1S/C14H15NO5S/c1-2-20-13(18)8-21-11-7-12(17)15(14(11)19)9-3-5-10(16)6-4-9/h3-6,11,16H,2,7-8H2,1H3. The number of phenolic OH excluding ortho intramolecular Hbond substituents is 1. The van der Waals surface area contributed by atoms with Crippen molar-refractivity contribution in [3.8, 4) is 5.75 Å². The molecule has 2 amide bonds. The summed E-state index contributed by atoms with van der Waals surface area (Å²) in [4.78, 5) is 36.6. The van der Waals surface area contributed by atoms with Crippen molar-refractivity contribution in [3.05, 3.63) is 24.3 Å². The van der Waals surface area contributed by atoms with Crippen molar-refractivity contribution in [1.29, 1.82) is 0 Å². The summed E-state index contributed by atoms with van der Waals surface area (Å²) >= 11 is 1.11. The second-order valence-electron chi connectivity index (χ2n) is 4.39. The Hall–Kier alpha value is -2.02. The fourth-order valence-electron chi connectivity index (χ4n) is 1.98. The first kappa shape index (κ1) is 15.4. The number of hydrogen-bond acceptors (Lipinski definition) is 6. The Kier molecular flexibility index (Phi) is 4.85. The minimum atomic E-state index is -0.573. The number of benzene rings is 1. The van der Waals surface area contributed by atoms with Gasteiger partial charge in [-0.3, -0.25) is 14.4 Å². The molecule has 0 aliphatic carbocycles. The molecule has 1 aliphatic heterocycles. The molecule has 6 nitrogen and oxygen atoms in total. The molecule has 1 unspecified atom stereocenters. The van der Waals surface area contributed by atoms with Crippen LogP contribution in [-0.2, 0) is 19.1 Å². The molecular weight excluding hydrogens is 294 g/mol. The molecular formula is C14H15NO5S. The quantitative estimate of drug-likeness (QED) is 0.652. The van der Waals surface area contributed by atoms with Crippen molar-refractivity contribution >= 4 is 35.2 Å². The van der Waals surface area contributed by atoms with Gasteiger partial charge in [0.2, 0.25) is 11.8 Å². The van der Waals surface area contributed by atoms with E-state index in [0.29, 0.717) is 5.69 Å². The van der Waals surface area contributed by atoms with Gasteiger partial charge in [-0.25, -0.2) is 4.90 Å². The molecule has 1 N–H and O–H groups in total. The van der Waals surface area contributed by atoms with E-state index in [1.807, 2.05) is 0 Å². The summed E-state index contributed by atoms with van der Waals surface area (Å²) in [5.41, 5.74) is 0.419. The maximum Gasteiger partial charge on any atom is 0.315 e. The molecule has 1 aromatic carbocycles. The molecule has 0 saturated carbocycles. The summed E-state index contributed by atoms with van der Waals surface area (Å²) in [5, 5.41) is 8.66. The van der Waals surface area contributed by atoms with Crippen LogP contribution in [0.25, 0.3) is 0 Å². The van der Waals surface area contributed by atoms with Crippen molar-refractivity contribution in [1.82, 2.24) is 0 Å². The first-order chi connectivity index (χ1) is 10.0. The van der Waals surface area contributed by atoms with Crippen LogP contribution in [0, 0.1) is 0 Å². The number of anilines is 1. The number of thioether (sulfide) groups is 1. The summed E-state index contributed by atoms with van der Waals surface area (Å²) in [7, 11) is 0. The maximum atomic E-state index is 12.2. The van der Waals surface area contributed by atoms with Crippen molar-refractivity contribution < 1.29 is 24.2 Å². The van der Waals surface area contributed by atoms with Crippen molar-refractivity contribution in [3.63, 3.8) is 0 Å². The SMILES string of the molecule is CCOC(=O)CSC1CC(=O)N(c2ccc(O)cc2)C1=O. The van der Waals surface area contributed by atoms with E-state index in [2.05, 4.69) is 0 Å². The monoisotopic (exact) mass is 309 g/mol. The Morgan fingerprint density at radius 1 is 1.38 bits per heavy atom. The van der Waals surface area contributed by atoms with Crippen LogP contribution in [0.5, 0.6) is 5.75 Å². The fraction of sp³-hybridized carbons (Fsp3) is 0.357. The number of imide groups is 1. The van der Waals surface area contributed by atoms with E-state index in [4.69, 9.17) is 4.74 Å². The summed E-state index contributed by atoms with van der Waals surface area (Å²) in [6, 6.07) is 5.83. The van der Waals surface area contributed by atoms with E-state index in [0.717, 1.165) is 16.7 Å². The highest BCUT2D eigenvalue weighted by molar-refractivity contribution is 8.01. The molecule has 112 valence electrons. The van der Waals surface area contributed by atoms with Crippen molar-refractivity contribution in [2.75, 3.05) is 17.3 Å². The molecule has 21 heavy (non-hydrogen) atoms. The summed E-state index contributed by atoms with van der Waals surface area (Å²) in [6.07, 6.45) is 0.0593. The van der Waals surface area contributed by atoms with Gasteiger partial charge in [0.25, 0.3) is 0 Å². The van der Waals surface area contributed by atoms with Gasteiger partial charge in [-0.2, -0.15) is 0 Å². The van der Waals surface area contributed by atoms with Crippen LogP contribution < -0.4 is 4.90 Å². The van der Waals surface area contributed by atoms with Gasteiger partial charge in [0.15, 0.2) is 0 Å². The third-order valence-corrected chi connectivity index (χ3v) is 4.09. The highest BCUT2D eigenvalue weighted by atomic mass is 32.2. The van der Waals surface area contributed by atoms with Crippen LogP contribution in [0.4, 0.5) is 5.69 Å². The molecule has 2 rings (SSSR count). The third-order valence-electron chi connectivity index (χ3n) is 2.92. The zero-order valence-electron chi connectivity index (χ0n) is 11.4. The first-order valence-corrected chi connectivity index (χ1v) is 7.51. The van der Waals surface area contributed by atoms with Crippen LogP contribution in [0.1, 0.15) is 13.3 Å². The number of esters is 1. The topological polar surface area (TPSA) is 83.9 Å². The summed E-state index contributed by atoms with van der Waals surface area (Å²) in [6.45, 7) is 2.00. The van der Waals surface area contributed by atoms with Gasteiger partial charge in [-0.1, -0.05) is 0 Å². The van der Waals surface area contributed by atoms with Gasteiger partial charge in [-0.05, 0) is 31.2 Å². The second-order valence-corrected chi connectivity index (χ2v) is 5.58. The summed E-state index contributed by atoms with van der Waals surface area (Å²) in [5.74, 6) is -0.954. The molecule has 0 aromatic heterocycles. The van der Waals surface area contributed by atoms with Gasteiger partial charge in [0, 0.05) is 6.42 Å². The minimum absolute atomic E-state index is 0.0426. The predicted octanol–water partition coefficient (Wildman–Crippen LogP) is 1.32. The molecule has 1 aromatic rings. The van der Waals surface area contributed by atoms with E-state index < -0.39 is 11.2 Å². The number of hydrogen-bond donors (Lipinski definition) is 1. The normalized spacial score (nSPS) is 18.1. The van der Waals surface area contributed by atoms with Gasteiger partial charge in [-0.15, -0.1) is 11.8 Å². The zero-order chi connectivity index (χ0) is 15.4. The lowest BCUT2D eigenvalue weighted by molar-refractivity contribution is -0.139. The largest absolute Gasteiger partial charge is 0.508 e. The van der Waals surface area contributed by atoms with Crippen LogP contribution in [0.15, 0.2) is 24.3 Å². The molecule has 1 saturated heterocycles. The molecule has 1 atom stereocenters. The number of amides is 2. The van der Waals surface area contributed by atoms with E-state index >= 15 is 0 Å². The van der Waals surface area contributed by atoms with E-state index in [1.165, 1.54) is 24.3 Å². The van der Waals surface area contributed by atoms with Crippen LogP contribution >= 0.6 is 11.8 Å².